The van der Waals surface area contributed by atoms with E-state index >= 15 is 0 Å². The molecule has 1 aromatic carbocycles. The molecule has 0 radical (unpaired) electrons. The van der Waals surface area contributed by atoms with Crippen LogP contribution in [0.2, 0.25) is 0 Å². The van der Waals surface area contributed by atoms with Gasteiger partial charge in [-0.15, -0.1) is 11.3 Å². The molecule has 0 aliphatic rings. The molecule has 2 rings (SSSR count). The van der Waals surface area contributed by atoms with Crippen molar-refractivity contribution in [1.82, 2.24) is 10.3 Å². The van der Waals surface area contributed by atoms with Crippen LogP contribution in [0, 0.1) is 12.7 Å². The number of thiazole rings is 1. The summed E-state index contributed by atoms with van der Waals surface area (Å²) in [5, 5.41) is 4.60. The molecule has 0 bridgehead atoms. The zero-order valence-corrected chi connectivity index (χ0v) is 12.3. The first kappa shape index (κ1) is 14.2. The Labute approximate surface area is 117 Å². The number of nitrogens with one attached hydrogen (secondary N) is 1. The van der Waals surface area contributed by atoms with Crippen LogP contribution in [0.15, 0.2) is 30.5 Å². The summed E-state index contributed by atoms with van der Waals surface area (Å²) in [6, 6.07) is 7.28. The molecule has 0 amide bonds. The second-order valence-corrected chi connectivity index (χ2v) is 6.20. The van der Waals surface area contributed by atoms with E-state index in [-0.39, 0.29) is 17.9 Å². The average Bonchev–Trinajstić information content (AvgIpc) is 2.75. The maximum atomic E-state index is 13.1. The SMILES string of the molecule is Cc1cnc(C(C)NC(C)Cc2cccc(F)c2)s1. The van der Waals surface area contributed by atoms with Crippen LogP contribution in [-0.4, -0.2) is 11.0 Å². The summed E-state index contributed by atoms with van der Waals surface area (Å²) in [6.45, 7) is 6.28. The molecule has 2 atom stereocenters. The van der Waals surface area contributed by atoms with E-state index in [1.807, 2.05) is 12.3 Å². The zero-order valence-electron chi connectivity index (χ0n) is 11.5. The van der Waals surface area contributed by atoms with Crippen LogP contribution in [0.3, 0.4) is 0 Å². The predicted octanol–water partition coefficient (Wildman–Crippen LogP) is 3.87. The number of halogens is 1. The van der Waals surface area contributed by atoms with Gasteiger partial charge >= 0.3 is 0 Å². The molecule has 0 saturated heterocycles. The summed E-state index contributed by atoms with van der Waals surface area (Å²) in [6.07, 6.45) is 2.71. The number of benzene rings is 1. The number of nitrogens with zero attached hydrogens (tertiary/aromatic N) is 1. The van der Waals surface area contributed by atoms with Crippen LogP contribution < -0.4 is 5.32 Å². The van der Waals surface area contributed by atoms with Gasteiger partial charge in [-0.1, -0.05) is 12.1 Å². The van der Waals surface area contributed by atoms with E-state index in [1.54, 1.807) is 23.5 Å². The van der Waals surface area contributed by atoms with Crippen LogP contribution >= 0.6 is 11.3 Å². The Kier molecular flexibility index (Phi) is 4.66. The van der Waals surface area contributed by atoms with Crippen molar-refractivity contribution in [3.8, 4) is 0 Å². The zero-order chi connectivity index (χ0) is 13.8. The quantitative estimate of drug-likeness (QED) is 0.898. The predicted molar refractivity (Wildman–Crippen MR) is 78.0 cm³/mol. The van der Waals surface area contributed by atoms with Gasteiger partial charge in [0.05, 0.1) is 6.04 Å². The van der Waals surface area contributed by atoms with E-state index in [2.05, 4.69) is 31.1 Å². The highest BCUT2D eigenvalue weighted by Gasteiger charge is 2.13. The third kappa shape index (κ3) is 4.11. The standard InChI is InChI=1S/C15H19FN2S/c1-10(7-13-5-4-6-14(16)8-13)18-12(3)15-17-9-11(2)19-15/h4-6,8-10,12,18H,7H2,1-3H3. The monoisotopic (exact) mass is 278 g/mol. The van der Waals surface area contributed by atoms with Gasteiger partial charge in [0.15, 0.2) is 0 Å². The lowest BCUT2D eigenvalue weighted by Crippen LogP contribution is -2.30. The molecule has 1 aromatic heterocycles. The fourth-order valence-electron chi connectivity index (χ4n) is 2.15. The molecule has 4 heteroatoms. The summed E-state index contributed by atoms with van der Waals surface area (Å²) >= 11 is 1.71. The van der Waals surface area contributed by atoms with Crippen LogP contribution in [-0.2, 0) is 6.42 Å². The van der Waals surface area contributed by atoms with E-state index in [0.717, 1.165) is 17.0 Å². The number of rotatable bonds is 5. The van der Waals surface area contributed by atoms with Crippen LogP contribution in [0.4, 0.5) is 4.39 Å². The van der Waals surface area contributed by atoms with Crippen LogP contribution in [0.25, 0.3) is 0 Å². The molecule has 2 aromatic rings. The highest BCUT2D eigenvalue weighted by Crippen LogP contribution is 2.19. The Hall–Kier alpha value is -1.26. The molecule has 2 unspecified atom stereocenters. The van der Waals surface area contributed by atoms with Crippen molar-refractivity contribution in [1.29, 1.82) is 0 Å². The molecular weight excluding hydrogens is 259 g/mol. The van der Waals surface area contributed by atoms with Crippen LogP contribution in [0.5, 0.6) is 0 Å². The van der Waals surface area contributed by atoms with Gasteiger partial charge < -0.3 is 5.32 Å². The molecule has 0 spiro atoms. The number of aromatic nitrogens is 1. The Bertz CT molecular complexity index is 538. The van der Waals surface area contributed by atoms with Crippen molar-refractivity contribution in [2.45, 2.75) is 39.3 Å². The lowest BCUT2D eigenvalue weighted by Gasteiger charge is -2.18. The molecule has 102 valence electrons. The third-order valence-corrected chi connectivity index (χ3v) is 4.07. The topological polar surface area (TPSA) is 24.9 Å². The maximum absolute atomic E-state index is 13.1. The lowest BCUT2D eigenvalue weighted by molar-refractivity contribution is 0.475. The fourth-order valence-corrected chi connectivity index (χ4v) is 2.93. The second kappa shape index (κ2) is 6.26. The molecule has 1 heterocycles. The largest absolute Gasteiger partial charge is 0.305 e. The Morgan fingerprint density at radius 1 is 1.37 bits per heavy atom. The van der Waals surface area contributed by atoms with Gasteiger partial charge in [-0.3, -0.25) is 0 Å². The second-order valence-electron chi connectivity index (χ2n) is 4.93. The molecule has 0 aliphatic heterocycles. The summed E-state index contributed by atoms with van der Waals surface area (Å²) in [7, 11) is 0. The van der Waals surface area contributed by atoms with Crippen molar-refractivity contribution in [2.24, 2.45) is 0 Å². The summed E-state index contributed by atoms with van der Waals surface area (Å²) in [5.41, 5.74) is 1.02. The average molecular weight is 278 g/mol. The molecule has 0 fully saturated rings. The molecule has 1 N–H and O–H groups in total. The van der Waals surface area contributed by atoms with E-state index < -0.39 is 0 Å². The van der Waals surface area contributed by atoms with Gasteiger partial charge in [-0.2, -0.15) is 0 Å². The molecule has 0 saturated carbocycles. The first-order chi connectivity index (χ1) is 9.04. The van der Waals surface area contributed by atoms with Crippen molar-refractivity contribution in [3.05, 3.63) is 51.7 Å². The van der Waals surface area contributed by atoms with E-state index in [0.29, 0.717) is 0 Å². The minimum absolute atomic E-state index is 0.173. The first-order valence-electron chi connectivity index (χ1n) is 6.47. The lowest BCUT2D eigenvalue weighted by atomic mass is 10.1. The minimum atomic E-state index is -0.173. The minimum Gasteiger partial charge on any atom is -0.305 e. The maximum Gasteiger partial charge on any atom is 0.123 e. The third-order valence-electron chi connectivity index (χ3n) is 2.98. The first-order valence-corrected chi connectivity index (χ1v) is 7.29. The summed E-state index contributed by atoms with van der Waals surface area (Å²) in [5.74, 6) is -0.173. The van der Waals surface area contributed by atoms with Gasteiger partial charge in [0.2, 0.25) is 0 Å². The van der Waals surface area contributed by atoms with Crippen molar-refractivity contribution < 1.29 is 4.39 Å². The van der Waals surface area contributed by atoms with Crippen molar-refractivity contribution in [2.75, 3.05) is 0 Å². The van der Waals surface area contributed by atoms with E-state index in [1.165, 1.54) is 10.9 Å². The smallest absolute Gasteiger partial charge is 0.123 e. The normalized spacial score (nSPS) is 14.3. The van der Waals surface area contributed by atoms with Gasteiger partial charge in [0, 0.05) is 17.1 Å². The van der Waals surface area contributed by atoms with Crippen molar-refractivity contribution >= 4 is 11.3 Å². The van der Waals surface area contributed by atoms with Gasteiger partial charge in [-0.05, 0) is 44.9 Å². The number of hydrogen-bond donors (Lipinski definition) is 1. The number of aryl methyl sites for hydroxylation is 1. The van der Waals surface area contributed by atoms with Gasteiger partial charge in [-0.25, -0.2) is 9.37 Å². The number of hydrogen-bond acceptors (Lipinski definition) is 3. The molecular formula is C15H19FN2S. The molecule has 2 nitrogen and oxygen atoms in total. The van der Waals surface area contributed by atoms with Crippen molar-refractivity contribution in [3.63, 3.8) is 0 Å². The molecule has 19 heavy (non-hydrogen) atoms. The molecule has 0 aliphatic carbocycles. The van der Waals surface area contributed by atoms with E-state index in [9.17, 15) is 4.39 Å². The Morgan fingerprint density at radius 2 is 2.16 bits per heavy atom. The fraction of sp³-hybridized carbons (Fsp3) is 0.400. The highest BCUT2D eigenvalue weighted by molar-refractivity contribution is 7.11. The Balaban J connectivity index is 1.92. The van der Waals surface area contributed by atoms with Gasteiger partial charge in [0.25, 0.3) is 0 Å². The highest BCUT2D eigenvalue weighted by atomic mass is 32.1. The summed E-state index contributed by atoms with van der Waals surface area (Å²) in [4.78, 5) is 5.61. The Morgan fingerprint density at radius 3 is 2.79 bits per heavy atom. The van der Waals surface area contributed by atoms with Crippen LogP contribution in [0.1, 0.15) is 35.3 Å². The van der Waals surface area contributed by atoms with E-state index in [4.69, 9.17) is 0 Å². The summed E-state index contributed by atoms with van der Waals surface area (Å²) < 4.78 is 13.1. The van der Waals surface area contributed by atoms with Gasteiger partial charge in [0.1, 0.15) is 10.8 Å².